The molecule has 4 atom stereocenters. The fourth-order valence-electron chi connectivity index (χ4n) is 8.54. The average molecular weight is 868 g/mol. The van der Waals surface area contributed by atoms with E-state index >= 15 is 0 Å². The lowest BCUT2D eigenvalue weighted by atomic mass is 10.0. The number of aliphatic hydroxyl groups is 4. The number of hydrogen-bond acceptors (Lipinski definition) is 7. The molecular formula is C53H105NO7. The zero-order valence-corrected chi connectivity index (χ0v) is 40.9. The monoisotopic (exact) mass is 868 g/mol. The summed E-state index contributed by atoms with van der Waals surface area (Å²) in [6.07, 6.45) is 46.3. The third kappa shape index (κ3) is 41.2. The van der Waals surface area contributed by atoms with Crippen LogP contribution < -0.4 is 0 Å². The van der Waals surface area contributed by atoms with E-state index in [-0.39, 0.29) is 18.9 Å². The number of likely N-dealkylation sites (N-methyl/N-ethyl adjacent to an activating group) is 1. The van der Waals surface area contributed by atoms with Crippen LogP contribution >= 0.6 is 0 Å². The number of rotatable bonds is 49. The Morgan fingerprint density at radius 2 is 0.623 bits per heavy atom. The maximum atomic E-state index is 12.6. The SMILES string of the molecule is CCCCCCCCCCCCCCCCCCCCCCCCCCCC(=O)OC[C@@H](O)[C@@H](O)[C@H](O)[C@@H](O)CN(C)C(=O)CCCCCCCCCCCCCCCCC. The Labute approximate surface area is 378 Å². The standard InChI is InChI=1S/C53H105NO7/c1-4-6-8-10-12-14-16-18-20-21-22-23-24-25-26-27-28-29-31-33-35-37-39-41-43-45-51(58)61-47-49(56)53(60)52(59)48(55)46-54(3)50(57)44-42-40-38-36-34-32-30-19-17-15-13-11-9-7-5-2/h48-49,52-53,55-56,59-60H,4-47H2,1-3H3/t48-,49+,52+,53+/m0/s1. The summed E-state index contributed by atoms with van der Waals surface area (Å²) in [6.45, 7) is 3.92. The van der Waals surface area contributed by atoms with Gasteiger partial charge in [0, 0.05) is 26.4 Å². The highest BCUT2D eigenvalue weighted by atomic mass is 16.5. The predicted octanol–water partition coefficient (Wildman–Crippen LogP) is 13.9. The molecule has 0 aliphatic carbocycles. The zero-order chi connectivity index (χ0) is 44.9. The Bertz CT molecular complexity index is 919. The average Bonchev–Trinajstić information content (AvgIpc) is 3.26. The van der Waals surface area contributed by atoms with Crippen molar-refractivity contribution in [3.05, 3.63) is 0 Å². The highest BCUT2D eigenvalue weighted by Crippen LogP contribution is 2.18. The first-order valence-electron chi connectivity index (χ1n) is 26.9. The molecular weight excluding hydrogens is 763 g/mol. The Morgan fingerprint density at radius 1 is 0.377 bits per heavy atom. The number of unbranched alkanes of at least 4 members (excludes halogenated alkanes) is 38. The first kappa shape index (κ1) is 59.8. The summed E-state index contributed by atoms with van der Waals surface area (Å²) in [5.74, 6) is -0.569. The highest BCUT2D eigenvalue weighted by molar-refractivity contribution is 5.75. The van der Waals surface area contributed by atoms with Crippen LogP contribution in [0.4, 0.5) is 0 Å². The van der Waals surface area contributed by atoms with E-state index in [1.807, 2.05) is 0 Å². The molecule has 0 aromatic rings. The third-order valence-electron chi connectivity index (χ3n) is 12.9. The number of carbonyl (C=O) groups is 2. The first-order chi connectivity index (χ1) is 29.7. The Kier molecular flexibility index (Phi) is 45.8. The van der Waals surface area contributed by atoms with Crippen LogP contribution in [0, 0.1) is 0 Å². The molecule has 0 heterocycles. The molecule has 364 valence electrons. The minimum atomic E-state index is -1.71. The summed E-state index contributed by atoms with van der Waals surface area (Å²) in [5.41, 5.74) is 0. The molecule has 0 fully saturated rings. The van der Waals surface area contributed by atoms with E-state index in [1.54, 1.807) is 7.05 Å². The van der Waals surface area contributed by atoms with Gasteiger partial charge in [-0.15, -0.1) is 0 Å². The van der Waals surface area contributed by atoms with Gasteiger partial charge >= 0.3 is 5.97 Å². The van der Waals surface area contributed by atoms with Gasteiger partial charge in [0.2, 0.25) is 5.91 Å². The summed E-state index contributed by atoms with van der Waals surface area (Å²) in [7, 11) is 1.57. The molecule has 0 aliphatic heterocycles. The molecule has 8 nitrogen and oxygen atoms in total. The van der Waals surface area contributed by atoms with E-state index in [9.17, 15) is 30.0 Å². The quantitative estimate of drug-likeness (QED) is 0.0354. The zero-order valence-electron chi connectivity index (χ0n) is 40.9. The Hall–Kier alpha value is -1.22. The molecule has 0 aliphatic rings. The number of amides is 1. The van der Waals surface area contributed by atoms with Gasteiger partial charge in [-0.2, -0.15) is 0 Å². The fraction of sp³-hybridized carbons (Fsp3) is 0.962. The molecule has 0 saturated heterocycles. The van der Waals surface area contributed by atoms with Crippen LogP contribution in [0.3, 0.4) is 0 Å². The molecule has 0 rings (SSSR count). The van der Waals surface area contributed by atoms with Crippen LogP contribution in [-0.4, -0.2) is 81.8 Å². The summed E-state index contributed by atoms with van der Waals surface area (Å²) >= 11 is 0. The van der Waals surface area contributed by atoms with Gasteiger partial charge in [0.05, 0.1) is 0 Å². The topological polar surface area (TPSA) is 128 Å². The second kappa shape index (κ2) is 46.8. The van der Waals surface area contributed by atoms with Gasteiger partial charge < -0.3 is 30.1 Å². The van der Waals surface area contributed by atoms with Gasteiger partial charge in [0.25, 0.3) is 0 Å². The highest BCUT2D eigenvalue weighted by Gasteiger charge is 2.32. The van der Waals surface area contributed by atoms with E-state index in [2.05, 4.69) is 13.8 Å². The molecule has 0 unspecified atom stereocenters. The van der Waals surface area contributed by atoms with Crippen molar-refractivity contribution in [1.82, 2.24) is 4.90 Å². The maximum Gasteiger partial charge on any atom is 0.305 e. The van der Waals surface area contributed by atoms with E-state index < -0.39 is 37.0 Å². The van der Waals surface area contributed by atoms with E-state index in [1.165, 1.54) is 223 Å². The van der Waals surface area contributed by atoms with Crippen LogP contribution in [0.15, 0.2) is 0 Å². The molecule has 0 spiro atoms. The lowest BCUT2D eigenvalue weighted by molar-refractivity contribution is -0.156. The fourth-order valence-corrected chi connectivity index (χ4v) is 8.54. The van der Waals surface area contributed by atoms with Crippen molar-refractivity contribution in [2.24, 2.45) is 0 Å². The van der Waals surface area contributed by atoms with Crippen molar-refractivity contribution in [1.29, 1.82) is 0 Å². The summed E-state index contributed by atoms with van der Waals surface area (Å²) in [5, 5.41) is 41.6. The summed E-state index contributed by atoms with van der Waals surface area (Å²) in [6, 6.07) is 0. The van der Waals surface area contributed by atoms with E-state index in [4.69, 9.17) is 4.74 Å². The van der Waals surface area contributed by atoms with Gasteiger partial charge in [0.1, 0.15) is 31.0 Å². The van der Waals surface area contributed by atoms with Gasteiger partial charge in [0.15, 0.2) is 0 Å². The molecule has 1 amide bonds. The minimum Gasteiger partial charge on any atom is -0.463 e. The van der Waals surface area contributed by atoms with Crippen LogP contribution in [0.1, 0.15) is 284 Å². The van der Waals surface area contributed by atoms with Crippen LogP contribution in [0.2, 0.25) is 0 Å². The maximum absolute atomic E-state index is 12.6. The lowest BCUT2D eigenvalue weighted by Gasteiger charge is -2.29. The number of ether oxygens (including phenoxy) is 1. The molecule has 4 N–H and O–H groups in total. The van der Waals surface area contributed by atoms with Gasteiger partial charge in [-0.05, 0) is 12.8 Å². The number of nitrogens with zero attached hydrogens (tertiary/aromatic N) is 1. The molecule has 0 aromatic heterocycles. The number of hydrogen-bond donors (Lipinski definition) is 4. The Morgan fingerprint density at radius 3 is 0.918 bits per heavy atom. The van der Waals surface area contributed by atoms with Crippen molar-refractivity contribution in [3.63, 3.8) is 0 Å². The molecule has 0 bridgehead atoms. The van der Waals surface area contributed by atoms with Gasteiger partial charge in [-0.3, -0.25) is 9.59 Å². The van der Waals surface area contributed by atoms with Gasteiger partial charge in [-0.25, -0.2) is 0 Å². The predicted molar refractivity (Wildman–Crippen MR) is 258 cm³/mol. The molecule has 61 heavy (non-hydrogen) atoms. The number of aliphatic hydroxyl groups excluding tert-OH is 4. The van der Waals surface area contributed by atoms with Crippen molar-refractivity contribution in [2.45, 2.75) is 308 Å². The third-order valence-corrected chi connectivity index (χ3v) is 12.9. The van der Waals surface area contributed by atoms with Crippen molar-refractivity contribution >= 4 is 11.9 Å². The number of esters is 1. The normalized spacial score (nSPS) is 13.6. The molecule has 8 heteroatoms. The molecule has 0 aromatic carbocycles. The van der Waals surface area contributed by atoms with Crippen LogP contribution in [0.5, 0.6) is 0 Å². The largest absolute Gasteiger partial charge is 0.463 e. The molecule has 0 saturated carbocycles. The van der Waals surface area contributed by atoms with E-state index in [0.717, 1.165) is 38.5 Å². The number of carbonyl (C=O) groups excluding carboxylic acids is 2. The van der Waals surface area contributed by atoms with Crippen LogP contribution in [0.25, 0.3) is 0 Å². The van der Waals surface area contributed by atoms with Crippen molar-refractivity contribution in [2.75, 3.05) is 20.2 Å². The van der Waals surface area contributed by atoms with Crippen LogP contribution in [-0.2, 0) is 14.3 Å². The second-order valence-corrected chi connectivity index (χ2v) is 19.0. The van der Waals surface area contributed by atoms with Gasteiger partial charge in [-0.1, -0.05) is 258 Å². The van der Waals surface area contributed by atoms with Crippen molar-refractivity contribution < 1.29 is 34.8 Å². The summed E-state index contributed by atoms with van der Waals surface area (Å²) < 4.78 is 5.14. The Balaban J connectivity index is 3.66. The smallest absolute Gasteiger partial charge is 0.305 e. The molecule has 0 radical (unpaired) electrons. The van der Waals surface area contributed by atoms with Crippen molar-refractivity contribution in [3.8, 4) is 0 Å². The minimum absolute atomic E-state index is 0.124. The first-order valence-corrected chi connectivity index (χ1v) is 26.9. The van der Waals surface area contributed by atoms with E-state index in [0.29, 0.717) is 6.42 Å². The lowest BCUT2D eigenvalue weighted by Crippen LogP contribution is -2.50. The summed E-state index contributed by atoms with van der Waals surface area (Å²) in [4.78, 5) is 26.1. The second-order valence-electron chi connectivity index (χ2n) is 19.0.